The van der Waals surface area contributed by atoms with Crippen LogP contribution in [-0.2, 0) is 6.54 Å². The molecule has 3 rings (SSSR count). The van der Waals surface area contributed by atoms with Crippen molar-refractivity contribution in [2.75, 3.05) is 5.73 Å². The second-order valence-corrected chi connectivity index (χ2v) is 6.45. The van der Waals surface area contributed by atoms with Crippen molar-refractivity contribution in [2.45, 2.75) is 6.54 Å². The van der Waals surface area contributed by atoms with Gasteiger partial charge in [0.2, 0.25) is 0 Å². The van der Waals surface area contributed by atoms with Gasteiger partial charge in [0.25, 0.3) is 5.56 Å². The Kier molecular flexibility index (Phi) is 3.65. The fourth-order valence-electron chi connectivity index (χ4n) is 2.11. The van der Waals surface area contributed by atoms with Gasteiger partial charge in [-0.05, 0) is 29.8 Å². The molecule has 106 valence electrons. The summed E-state index contributed by atoms with van der Waals surface area (Å²) in [5.41, 5.74) is 6.90. The Morgan fingerprint density at radius 1 is 1.14 bits per heavy atom. The average molecular weight is 363 g/mol. The van der Waals surface area contributed by atoms with Crippen molar-refractivity contribution >= 4 is 43.0 Å². The maximum atomic E-state index is 12.5. The lowest BCUT2D eigenvalue weighted by molar-refractivity contribution is 0.750. The van der Waals surface area contributed by atoms with E-state index < -0.39 is 0 Å². The molecule has 0 fully saturated rings. The molecule has 4 nitrogen and oxygen atoms in total. The van der Waals surface area contributed by atoms with Crippen LogP contribution in [0.2, 0.25) is 0 Å². The molecule has 0 bridgehead atoms. The highest BCUT2D eigenvalue weighted by Crippen LogP contribution is 2.20. The summed E-state index contributed by atoms with van der Waals surface area (Å²) in [4.78, 5) is 24.4. The van der Waals surface area contributed by atoms with E-state index in [1.165, 1.54) is 4.57 Å². The minimum absolute atomic E-state index is 0.222. The standard InChI is InChI=1S/C15H11BrN2O2S/c16-12-7-10(17)6-5-9(12)8-18-14(19)11-3-1-2-4-13(11)21-15(18)20/h1-7H,8,17H2. The zero-order valence-electron chi connectivity index (χ0n) is 10.9. The minimum Gasteiger partial charge on any atom is -0.399 e. The molecule has 2 N–H and O–H groups in total. The first-order chi connectivity index (χ1) is 10.1. The molecule has 6 heteroatoms. The summed E-state index contributed by atoms with van der Waals surface area (Å²) >= 11 is 4.49. The van der Waals surface area contributed by atoms with Crippen LogP contribution in [0.1, 0.15) is 5.56 Å². The number of fused-ring (bicyclic) bond motifs is 1. The van der Waals surface area contributed by atoms with Crippen molar-refractivity contribution in [2.24, 2.45) is 0 Å². The minimum atomic E-state index is -0.266. The smallest absolute Gasteiger partial charge is 0.310 e. The number of aromatic nitrogens is 1. The Bertz CT molecular complexity index is 946. The molecule has 0 saturated heterocycles. The fraction of sp³-hybridized carbons (Fsp3) is 0.0667. The van der Waals surface area contributed by atoms with Gasteiger partial charge in [0.05, 0.1) is 11.9 Å². The summed E-state index contributed by atoms with van der Waals surface area (Å²) in [6.45, 7) is 0.222. The molecule has 0 atom stereocenters. The van der Waals surface area contributed by atoms with Crippen molar-refractivity contribution in [3.8, 4) is 0 Å². The van der Waals surface area contributed by atoms with Crippen LogP contribution in [0, 0.1) is 0 Å². The van der Waals surface area contributed by atoms with Gasteiger partial charge in [-0.25, -0.2) is 0 Å². The number of anilines is 1. The van der Waals surface area contributed by atoms with Crippen LogP contribution in [0.25, 0.3) is 10.1 Å². The maximum Gasteiger partial charge on any atom is 0.310 e. The second-order valence-electron chi connectivity index (χ2n) is 4.61. The summed E-state index contributed by atoms with van der Waals surface area (Å²) in [5.74, 6) is 0. The molecule has 0 saturated carbocycles. The van der Waals surface area contributed by atoms with E-state index in [0.29, 0.717) is 15.8 Å². The summed E-state index contributed by atoms with van der Waals surface area (Å²) in [5, 5.41) is 0.564. The van der Waals surface area contributed by atoms with E-state index in [1.54, 1.807) is 30.3 Å². The third kappa shape index (κ3) is 2.64. The van der Waals surface area contributed by atoms with Crippen LogP contribution in [0.15, 0.2) is 56.5 Å². The Labute approximate surface area is 132 Å². The molecular formula is C15H11BrN2O2S. The zero-order valence-corrected chi connectivity index (χ0v) is 13.3. The molecule has 0 aliphatic carbocycles. The number of halogens is 1. The molecule has 0 aliphatic rings. The third-order valence-corrected chi connectivity index (χ3v) is 4.89. The van der Waals surface area contributed by atoms with Crippen LogP contribution in [0.4, 0.5) is 5.69 Å². The van der Waals surface area contributed by atoms with Crippen LogP contribution in [-0.4, -0.2) is 4.57 Å². The van der Waals surface area contributed by atoms with E-state index in [2.05, 4.69) is 15.9 Å². The fourth-order valence-corrected chi connectivity index (χ4v) is 3.49. The van der Waals surface area contributed by atoms with E-state index in [9.17, 15) is 9.59 Å². The Morgan fingerprint density at radius 2 is 1.90 bits per heavy atom. The lowest BCUT2D eigenvalue weighted by atomic mass is 10.2. The molecule has 0 spiro atoms. The van der Waals surface area contributed by atoms with Crippen molar-refractivity contribution in [3.05, 3.63) is 72.5 Å². The quantitative estimate of drug-likeness (QED) is 0.712. The van der Waals surface area contributed by atoms with E-state index >= 15 is 0 Å². The van der Waals surface area contributed by atoms with Crippen molar-refractivity contribution in [3.63, 3.8) is 0 Å². The molecule has 0 unspecified atom stereocenters. The van der Waals surface area contributed by atoms with Gasteiger partial charge in [-0.3, -0.25) is 14.2 Å². The van der Waals surface area contributed by atoms with Crippen LogP contribution in [0.5, 0.6) is 0 Å². The summed E-state index contributed by atoms with van der Waals surface area (Å²) in [7, 11) is 0. The number of hydrogen-bond acceptors (Lipinski definition) is 4. The topological polar surface area (TPSA) is 65.1 Å². The van der Waals surface area contributed by atoms with Gasteiger partial charge in [0, 0.05) is 14.9 Å². The van der Waals surface area contributed by atoms with Gasteiger partial charge in [-0.1, -0.05) is 45.5 Å². The number of benzene rings is 2. The van der Waals surface area contributed by atoms with Gasteiger partial charge >= 0.3 is 4.87 Å². The highest BCUT2D eigenvalue weighted by Gasteiger charge is 2.10. The second kappa shape index (κ2) is 5.46. The average Bonchev–Trinajstić information content (AvgIpc) is 2.45. The first kappa shape index (κ1) is 14.0. The largest absolute Gasteiger partial charge is 0.399 e. The predicted molar refractivity (Wildman–Crippen MR) is 90.0 cm³/mol. The third-order valence-electron chi connectivity index (χ3n) is 3.19. The van der Waals surface area contributed by atoms with Crippen LogP contribution < -0.4 is 16.2 Å². The molecule has 21 heavy (non-hydrogen) atoms. The number of rotatable bonds is 2. The number of nitrogens with two attached hydrogens (primary N) is 1. The van der Waals surface area contributed by atoms with Crippen molar-refractivity contribution in [1.29, 1.82) is 0 Å². The Morgan fingerprint density at radius 3 is 2.67 bits per heavy atom. The molecule has 3 aromatic rings. The number of nitrogen functional groups attached to an aromatic ring is 1. The summed E-state index contributed by atoms with van der Waals surface area (Å²) < 4.78 is 2.75. The highest BCUT2D eigenvalue weighted by atomic mass is 79.9. The van der Waals surface area contributed by atoms with Gasteiger partial charge in [0.1, 0.15) is 0 Å². The van der Waals surface area contributed by atoms with Crippen LogP contribution in [0.3, 0.4) is 0 Å². The maximum absolute atomic E-state index is 12.5. The zero-order chi connectivity index (χ0) is 15.0. The van der Waals surface area contributed by atoms with Gasteiger partial charge in [-0.2, -0.15) is 0 Å². The Hall–Kier alpha value is -1.92. The molecular weight excluding hydrogens is 352 g/mol. The summed E-state index contributed by atoms with van der Waals surface area (Å²) in [6.07, 6.45) is 0. The normalized spacial score (nSPS) is 10.9. The highest BCUT2D eigenvalue weighted by molar-refractivity contribution is 9.10. The van der Waals surface area contributed by atoms with Crippen molar-refractivity contribution < 1.29 is 0 Å². The van der Waals surface area contributed by atoms with E-state index in [-0.39, 0.29) is 17.0 Å². The van der Waals surface area contributed by atoms with E-state index in [4.69, 9.17) is 5.73 Å². The van der Waals surface area contributed by atoms with Gasteiger partial charge < -0.3 is 5.73 Å². The number of nitrogens with zero attached hydrogens (tertiary/aromatic N) is 1. The van der Waals surface area contributed by atoms with Crippen LogP contribution >= 0.6 is 27.3 Å². The predicted octanol–water partition coefficient (Wildman–Crippen LogP) is 2.82. The lowest BCUT2D eigenvalue weighted by Crippen LogP contribution is -2.31. The van der Waals surface area contributed by atoms with Gasteiger partial charge in [-0.15, -0.1) is 0 Å². The molecule has 0 aliphatic heterocycles. The molecule has 0 radical (unpaired) electrons. The molecule has 2 aromatic carbocycles. The molecule has 1 aromatic heterocycles. The van der Waals surface area contributed by atoms with E-state index in [1.807, 2.05) is 12.1 Å². The monoisotopic (exact) mass is 362 g/mol. The number of hydrogen-bond donors (Lipinski definition) is 1. The van der Waals surface area contributed by atoms with Gasteiger partial charge in [0.15, 0.2) is 0 Å². The van der Waals surface area contributed by atoms with E-state index in [0.717, 1.165) is 21.4 Å². The van der Waals surface area contributed by atoms with Crippen molar-refractivity contribution in [1.82, 2.24) is 4.57 Å². The lowest BCUT2D eigenvalue weighted by Gasteiger charge is -2.08. The molecule has 0 amide bonds. The summed E-state index contributed by atoms with van der Waals surface area (Å²) in [6, 6.07) is 12.5. The SMILES string of the molecule is Nc1ccc(Cn2c(=O)sc3ccccc3c2=O)c(Br)c1. The Balaban J connectivity index is 2.17. The first-order valence-corrected chi connectivity index (χ1v) is 7.84. The molecule has 1 heterocycles. The first-order valence-electron chi connectivity index (χ1n) is 6.23.